The fraction of sp³-hybridized carbons (Fsp3) is 0.600. The second kappa shape index (κ2) is 5.97. The maximum absolute atomic E-state index is 13.1. The first kappa shape index (κ1) is 14.4. The van der Waals surface area contributed by atoms with Gasteiger partial charge in [0, 0.05) is 12.6 Å². The van der Waals surface area contributed by atoms with E-state index in [-0.39, 0.29) is 12.2 Å². The number of nitrogens with two attached hydrogens (primary N) is 1. The second-order valence-corrected chi connectivity index (χ2v) is 5.66. The fourth-order valence-electron chi connectivity index (χ4n) is 2.92. The van der Waals surface area contributed by atoms with Crippen LogP contribution in [0.2, 0.25) is 0 Å². The van der Waals surface area contributed by atoms with Gasteiger partial charge in [-0.2, -0.15) is 0 Å². The Morgan fingerprint density at radius 1 is 1.32 bits per heavy atom. The van der Waals surface area contributed by atoms with Gasteiger partial charge in [-0.3, -0.25) is 0 Å². The molecule has 0 saturated heterocycles. The number of benzene rings is 1. The van der Waals surface area contributed by atoms with Gasteiger partial charge in [-0.05, 0) is 36.5 Å². The van der Waals surface area contributed by atoms with E-state index in [1.807, 2.05) is 0 Å². The molecule has 0 spiro atoms. The van der Waals surface area contributed by atoms with Crippen molar-refractivity contribution < 1.29 is 13.5 Å². The van der Waals surface area contributed by atoms with Crippen molar-refractivity contribution in [1.29, 1.82) is 0 Å². The van der Waals surface area contributed by atoms with Gasteiger partial charge in [-0.15, -0.1) is 0 Å². The van der Waals surface area contributed by atoms with E-state index in [1.165, 1.54) is 18.6 Å². The highest BCUT2D eigenvalue weighted by molar-refractivity contribution is 5.17. The minimum Gasteiger partial charge on any atom is -0.369 e. The molecule has 19 heavy (non-hydrogen) atoms. The molecule has 0 amide bonds. The molecule has 0 aliphatic heterocycles. The molecule has 1 fully saturated rings. The number of halogens is 2. The highest BCUT2D eigenvalue weighted by Crippen LogP contribution is 2.35. The molecule has 2 rings (SSSR count). The van der Waals surface area contributed by atoms with Crippen LogP contribution in [0.4, 0.5) is 8.78 Å². The van der Waals surface area contributed by atoms with Crippen LogP contribution in [0.5, 0.6) is 0 Å². The first-order chi connectivity index (χ1) is 9.03. The summed E-state index contributed by atoms with van der Waals surface area (Å²) in [5, 5.41) is 0. The van der Waals surface area contributed by atoms with Crippen molar-refractivity contribution in [2.24, 2.45) is 11.7 Å². The standard InChI is InChI=1S/C15H21F2NO/c1-11-3-2-4-15(8-11,10-18)19-9-12-5-13(16)7-14(17)6-12/h5-7,11H,2-4,8-10,18H2,1H3. The largest absolute Gasteiger partial charge is 0.369 e. The third-order valence-electron chi connectivity index (χ3n) is 3.89. The predicted octanol–water partition coefficient (Wildman–Crippen LogP) is 3.39. The molecular weight excluding hydrogens is 248 g/mol. The van der Waals surface area contributed by atoms with Gasteiger partial charge >= 0.3 is 0 Å². The Kier molecular flexibility index (Phi) is 4.53. The molecule has 106 valence electrons. The van der Waals surface area contributed by atoms with Gasteiger partial charge in [0.1, 0.15) is 11.6 Å². The Morgan fingerprint density at radius 3 is 2.58 bits per heavy atom. The monoisotopic (exact) mass is 269 g/mol. The van der Waals surface area contributed by atoms with Crippen LogP contribution in [0.3, 0.4) is 0 Å². The predicted molar refractivity (Wildman–Crippen MR) is 70.6 cm³/mol. The van der Waals surface area contributed by atoms with Gasteiger partial charge in [-0.25, -0.2) is 8.78 Å². The minimum atomic E-state index is -0.572. The normalized spacial score (nSPS) is 27.5. The lowest BCUT2D eigenvalue weighted by molar-refractivity contribution is -0.0841. The van der Waals surface area contributed by atoms with Crippen molar-refractivity contribution in [2.45, 2.75) is 44.8 Å². The van der Waals surface area contributed by atoms with E-state index in [9.17, 15) is 8.78 Å². The zero-order valence-electron chi connectivity index (χ0n) is 11.3. The topological polar surface area (TPSA) is 35.2 Å². The molecular formula is C15H21F2NO. The summed E-state index contributed by atoms with van der Waals surface area (Å²) in [6, 6.07) is 3.48. The molecule has 0 bridgehead atoms. The Balaban J connectivity index is 2.03. The van der Waals surface area contributed by atoms with Gasteiger partial charge < -0.3 is 10.5 Å². The maximum atomic E-state index is 13.1. The third-order valence-corrected chi connectivity index (χ3v) is 3.89. The summed E-state index contributed by atoms with van der Waals surface area (Å²) in [5.41, 5.74) is 6.04. The van der Waals surface area contributed by atoms with Crippen LogP contribution in [0.15, 0.2) is 18.2 Å². The maximum Gasteiger partial charge on any atom is 0.126 e. The minimum absolute atomic E-state index is 0.207. The van der Waals surface area contributed by atoms with Crippen molar-refractivity contribution in [3.8, 4) is 0 Å². The van der Waals surface area contributed by atoms with Crippen LogP contribution in [-0.2, 0) is 11.3 Å². The third kappa shape index (κ3) is 3.74. The average Bonchev–Trinajstić information content (AvgIpc) is 2.35. The van der Waals surface area contributed by atoms with E-state index >= 15 is 0 Å². The molecule has 0 heterocycles. The van der Waals surface area contributed by atoms with Gasteiger partial charge in [0.2, 0.25) is 0 Å². The van der Waals surface area contributed by atoms with E-state index < -0.39 is 11.6 Å². The van der Waals surface area contributed by atoms with Crippen LogP contribution in [0.25, 0.3) is 0 Å². The quantitative estimate of drug-likeness (QED) is 0.909. The lowest BCUT2D eigenvalue weighted by Crippen LogP contribution is -2.44. The molecule has 0 aromatic heterocycles. The van der Waals surface area contributed by atoms with Crippen molar-refractivity contribution in [3.05, 3.63) is 35.4 Å². The van der Waals surface area contributed by atoms with Gasteiger partial charge in [0.15, 0.2) is 0 Å². The summed E-state index contributed by atoms with van der Waals surface area (Å²) in [7, 11) is 0. The highest BCUT2D eigenvalue weighted by Gasteiger charge is 2.34. The number of rotatable bonds is 4. The zero-order chi connectivity index (χ0) is 13.9. The lowest BCUT2D eigenvalue weighted by atomic mass is 9.79. The first-order valence-corrected chi connectivity index (χ1v) is 6.82. The first-order valence-electron chi connectivity index (χ1n) is 6.82. The molecule has 2 unspecified atom stereocenters. The zero-order valence-corrected chi connectivity index (χ0v) is 11.3. The molecule has 1 aliphatic carbocycles. The molecule has 1 aromatic rings. The Bertz CT molecular complexity index is 418. The smallest absolute Gasteiger partial charge is 0.126 e. The van der Waals surface area contributed by atoms with Crippen molar-refractivity contribution in [1.82, 2.24) is 0 Å². The Hall–Kier alpha value is -1.00. The van der Waals surface area contributed by atoms with Crippen LogP contribution >= 0.6 is 0 Å². The highest BCUT2D eigenvalue weighted by atomic mass is 19.1. The van der Waals surface area contributed by atoms with E-state index in [0.717, 1.165) is 25.3 Å². The number of ether oxygens (including phenoxy) is 1. The van der Waals surface area contributed by atoms with Gasteiger partial charge in [0.25, 0.3) is 0 Å². The van der Waals surface area contributed by atoms with E-state index in [2.05, 4.69) is 6.92 Å². The molecule has 1 aromatic carbocycles. The Morgan fingerprint density at radius 2 is 2.00 bits per heavy atom. The number of hydrogen-bond acceptors (Lipinski definition) is 2. The second-order valence-electron chi connectivity index (χ2n) is 5.66. The van der Waals surface area contributed by atoms with Crippen molar-refractivity contribution in [3.63, 3.8) is 0 Å². The summed E-state index contributed by atoms with van der Waals surface area (Å²) in [6.07, 6.45) is 4.13. The molecule has 1 aliphatic rings. The molecule has 2 atom stereocenters. The molecule has 2 nitrogen and oxygen atoms in total. The molecule has 2 N–H and O–H groups in total. The number of hydrogen-bond donors (Lipinski definition) is 1. The van der Waals surface area contributed by atoms with E-state index in [1.54, 1.807) is 0 Å². The molecule has 4 heteroatoms. The summed E-state index contributed by atoms with van der Waals surface area (Å²) < 4.78 is 32.2. The van der Waals surface area contributed by atoms with E-state index in [4.69, 9.17) is 10.5 Å². The summed E-state index contributed by atoms with van der Waals surface area (Å²) >= 11 is 0. The van der Waals surface area contributed by atoms with Crippen molar-refractivity contribution in [2.75, 3.05) is 6.54 Å². The summed E-state index contributed by atoms with van der Waals surface area (Å²) in [6.45, 7) is 2.85. The summed E-state index contributed by atoms with van der Waals surface area (Å²) in [4.78, 5) is 0. The molecule has 0 radical (unpaired) electrons. The van der Waals surface area contributed by atoms with Gasteiger partial charge in [-0.1, -0.05) is 19.8 Å². The van der Waals surface area contributed by atoms with Crippen LogP contribution in [0.1, 0.15) is 38.2 Å². The summed E-state index contributed by atoms with van der Waals surface area (Å²) in [5.74, 6) is -0.559. The lowest BCUT2D eigenvalue weighted by Gasteiger charge is -2.39. The molecule has 1 saturated carbocycles. The van der Waals surface area contributed by atoms with Crippen molar-refractivity contribution >= 4 is 0 Å². The SMILES string of the molecule is CC1CCCC(CN)(OCc2cc(F)cc(F)c2)C1. The van der Waals surface area contributed by atoms with Crippen LogP contribution in [-0.4, -0.2) is 12.1 Å². The fourth-order valence-corrected chi connectivity index (χ4v) is 2.92. The Labute approximate surface area is 112 Å². The van der Waals surface area contributed by atoms with E-state index in [0.29, 0.717) is 18.0 Å². The van der Waals surface area contributed by atoms with Crippen LogP contribution < -0.4 is 5.73 Å². The van der Waals surface area contributed by atoms with Gasteiger partial charge in [0.05, 0.1) is 12.2 Å². The average molecular weight is 269 g/mol. The van der Waals surface area contributed by atoms with Crippen LogP contribution in [0, 0.1) is 17.6 Å².